The van der Waals surface area contributed by atoms with Crippen LogP contribution in [0.4, 0.5) is 0 Å². The minimum atomic E-state index is -0.788. The molecule has 2 aliphatic carbocycles. The van der Waals surface area contributed by atoms with Gasteiger partial charge in [-0.3, -0.25) is 0 Å². The Bertz CT molecular complexity index is 368. The summed E-state index contributed by atoms with van der Waals surface area (Å²) in [6, 6.07) is 0. The molecule has 3 heteroatoms. The lowest BCUT2D eigenvalue weighted by molar-refractivity contribution is -0.368. The number of ether oxygens (including phenoxy) is 3. The summed E-state index contributed by atoms with van der Waals surface area (Å²) in [7, 11) is 0. The minimum Gasteiger partial charge on any atom is -0.328 e. The van der Waals surface area contributed by atoms with Crippen LogP contribution in [0.5, 0.6) is 0 Å². The van der Waals surface area contributed by atoms with Gasteiger partial charge in [-0.2, -0.15) is 0 Å². The van der Waals surface area contributed by atoms with Crippen molar-refractivity contribution in [1.29, 1.82) is 0 Å². The van der Waals surface area contributed by atoms with Gasteiger partial charge >= 0.3 is 0 Å². The molecule has 1 heterocycles. The van der Waals surface area contributed by atoms with Crippen LogP contribution in [-0.2, 0) is 14.2 Å². The molecule has 0 aromatic rings. The maximum Gasteiger partial charge on any atom is 0.286 e. The Labute approximate surface area is 115 Å². The van der Waals surface area contributed by atoms with Crippen molar-refractivity contribution in [3.8, 4) is 0 Å². The van der Waals surface area contributed by atoms with Gasteiger partial charge in [-0.15, -0.1) is 0 Å². The van der Waals surface area contributed by atoms with Crippen molar-refractivity contribution >= 4 is 0 Å². The molecule has 1 saturated carbocycles. The Morgan fingerprint density at radius 3 is 2.79 bits per heavy atom. The summed E-state index contributed by atoms with van der Waals surface area (Å²) in [6.45, 7) is 8.20. The van der Waals surface area contributed by atoms with Crippen molar-refractivity contribution in [3.63, 3.8) is 0 Å². The number of fused-ring (bicyclic) bond motifs is 1. The largest absolute Gasteiger partial charge is 0.328 e. The average Bonchev–Trinajstić information content (AvgIpc) is 2.89. The Morgan fingerprint density at radius 2 is 2.05 bits per heavy atom. The third-order valence-electron chi connectivity index (χ3n) is 4.79. The van der Waals surface area contributed by atoms with Crippen LogP contribution in [0.1, 0.15) is 32.6 Å². The van der Waals surface area contributed by atoms with E-state index in [1.165, 1.54) is 5.57 Å². The zero-order valence-corrected chi connectivity index (χ0v) is 11.8. The lowest BCUT2D eigenvalue weighted by Crippen LogP contribution is -2.49. The van der Waals surface area contributed by atoms with E-state index in [1.54, 1.807) is 0 Å². The average molecular weight is 264 g/mol. The fraction of sp³-hybridized carbons (Fsp3) is 0.750. The SMILES string of the molecule is C=C1CC[C@H](C2(OCC)OCCO2)[C@@H]2CC=CC[C@@H]12. The fourth-order valence-corrected chi connectivity index (χ4v) is 3.94. The number of rotatable bonds is 3. The molecule has 0 bridgehead atoms. The molecule has 0 aromatic carbocycles. The summed E-state index contributed by atoms with van der Waals surface area (Å²) in [5, 5.41) is 0. The first-order valence-corrected chi connectivity index (χ1v) is 7.51. The first kappa shape index (κ1) is 13.3. The predicted octanol–water partition coefficient (Wildman–Crippen LogP) is 3.27. The van der Waals surface area contributed by atoms with Crippen LogP contribution in [0.2, 0.25) is 0 Å². The highest BCUT2D eigenvalue weighted by Crippen LogP contribution is 2.50. The van der Waals surface area contributed by atoms with Crippen LogP contribution < -0.4 is 0 Å². The van der Waals surface area contributed by atoms with Gasteiger partial charge in [0.15, 0.2) is 0 Å². The van der Waals surface area contributed by atoms with E-state index in [-0.39, 0.29) is 0 Å². The van der Waals surface area contributed by atoms with Crippen LogP contribution in [0.25, 0.3) is 0 Å². The monoisotopic (exact) mass is 264 g/mol. The normalized spacial score (nSPS) is 37.3. The molecule has 0 N–H and O–H groups in total. The summed E-state index contributed by atoms with van der Waals surface area (Å²) >= 11 is 0. The standard InChI is InChI=1S/C16H24O3/c1-3-17-16(18-10-11-19-16)15-9-8-12(2)13-6-4-5-7-14(13)15/h4-5,13-15H,2-3,6-11H2,1H3/t13-,14+,15-/m0/s1. The van der Waals surface area contributed by atoms with Crippen LogP contribution in [0.15, 0.2) is 24.3 Å². The maximum atomic E-state index is 5.92. The molecule has 1 saturated heterocycles. The molecule has 0 unspecified atom stereocenters. The highest BCUT2D eigenvalue weighted by atomic mass is 16.9. The van der Waals surface area contributed by atoms with Crippen molar-refractivity contribution in [2.24, 2.45) is 17.8 Å². The predicted molar refractivity (Wildman–Crippen MR) is 73.5 cm³/mol. The Balaban J connectivity index is 1.86. The van der Waals surface area contributed by atoms with Crippen LogP contribution >= 0.6 is 0 Å². The zero-order valence-electron chi connectivity index (χ0n) is 11.8. The molecular weight excluding hydrogens is 240 g/mol. The Hall–Kier alpha value is -0.640. The summed E-state index contributed by atoms with van der Waals surface area (Å²) in [6.07, 6.45) is 8.92. The number of hydrogen-bond acceptors (Lipinski definition) is 3. The third-order valence-corrected chi connectivity index (χ3v) is 4.79. The van der Waals surface area contributed by atoms with E-state index in [1.807, 2.05) is 6.92 Å². The highest BCUT2D eigenvalue weighted by molar-refractivity contribution is 5.15. The van der Waals surface area contributed by atoms with Crippen molar-refractivity contribution in [1.82, 2.24) is 0 Å². The molecule has 3 nitrogen and oxygen atoms in total. The lowest BCUT2D eigenvalue weighted by atomic mass is 9.64. The third kappa shape index (κ3) is 2.28. The Kier molecular flexibility index (Phi) is 3.79. The summed E-state index contributed by atoms with van der Waals surface area (Å²) in [5.74, 6) is 0.670. The molecule has 3 atom stereocenters. The van der Waals surface area contributed by atoms with Gasteiger partial charge in [-0.1, -0.05) is 24.3 Å². The van der Waals surface area contributed by atoms with E-state index in [0.717, 1.165) is 25.7 Å². The van der Waals surface area contributed by atoms with Crippen molar-refractivity contribution in [3.05, 3.63) is 24.3 Å². The quantitative estimate of drug-likeness (QED) is 0.732. The van der Waals surface area contributed by atoms with Gasteiger partial charge in [0.05, 0.1) is 13.2 Å². The lowest BCUT2D eigenvalue weighted by Gasteiger charge is -2.46. The van der Waals surface area contributed by atoms with E-state index in [9.17, 15) is 0 Å². The second-order valence-corrected chi connectivity index (χ2v) is 5.75. The number of hydrogen-bond donors (Lipinski definition) is 0. The molecule has 0 amide bonds. The first-order chi connectivity index (χ1) is 9.27. The van der Waals surface area contributed by atoms with Crippen molar-refractivity contribution in [2.45, 2.75) is 38.6 Å². The van der Waals surface area contributed by atoms with E-state index in [2.05, 4.69) is 18.7 Å². The van der Waals surface area contributed by atoms with Gasteiger partial charge in [0, 0.05) is 12.5 Å². The summed E-state index contributed by atoms with van der Waals surface area (Å²) in [5.41, 5.74) is 1.40. The molecule has 106 valence electrons. The molecule has 2 fully saturated rings. The second kappa shape index (κ2) is 5.39. The highest BCUT2D eigenvalue weighted by Gasteiger charge is 2.52. The number of allylic oxidation sites excluding steroid dienone is 3. The van der Waals surface area contributed by atoms with Gasteiger partial charge in [-0.05, 0) is 44.4 Å². The zero-order chi connectivity index (χ0) is 13.3. The van der Waals surface area contributed by atoms with Gasteiger partial charge in [0.25, 0.3) is 5.97 Å². The smallest absolute Gasteiger partial charge is 0.286 e. The molecular formula is C16H24O3. The van der Waals surface area contributed by atoms with Gasteiger partial charge in [-0.25, -0.2) is 0 Å². The molecule has 1 aliphatic heterocycles. The molecule has 3 aliphatic rings. The maximum absolute atomic E-state index is 5.92. The van der Waals surface area contributed by atoms with Gasteiger partial charge in [0.1, 0.15) is 0 Å². The Morgan fingerprint density at radius 1 is 1.32 bits per heavy atom. The molecule has 3 rings (SSSR count). The summed E-state index contributed by atoms with van der Waals surface area (Å²) in [4.78, 5) is 0. The van der Waals surface area contributed by atoms with Crippen molar-refractivity contribution < 1.29 is 14.2 Å². The van der Waals surface area contributed by atoms with Gasteiger partial charge in [0.2, 0.25) is 0 Å². The van der Waals surface area contributed by atoms with Crippen molar-refractivity contribution in [2.75, 3.05) is 19.8 Å². The van der Waals surface area contributed by atoms with Crippen LogP contribution in [-0.4, -0.2) is 25.8 Å². The fourth-order valence-electron chi connectivity index (χ4n) is 3.94. The summed E-state index contributed by atoms with van der Waals surface area (Å²) < 4.78 is 17.7. The topological polar surface area (TPSA) is 27.7 Å². The van der Waals surface area contributed by atoms with E-state index < -0.39 is 5.97 Å². The van der Waals surface area contributed by atoms with Crippen LogP contribution in [0.3, 0.4) is 0 Å². The van der Waals surface area contributed by atoms with E-state index in [4.69, 9.17) is 14.2 Å². The minimum absolute atomic E-state index is 0.329. The van der Waals surface area contributed by atoms with E-state index in [0.29, 0.717) is 37.6 Å². The molecule has 19 heavy (non-hydrogen) atoms. The van der Waals surface area contributed by atoms with Gasteiger partial charge < -0.3 is 14.2 Å². The molecule has 0 spiro atoms. The first-order valence-electron chi connectivity index (χ1n) is 7.51. The molecule has 0 aromatic heterocycles. The van der Waals surface area contributed by atoms with Crippen LogP contribution in [0, 0.1) is 17.8 Å². The van der Waals surface area contributed by atoms with E-state index >= 15 is 0 Å². The molecule has 0 radical (unpaired) electrons. The second-order valence-electron chi connectivity index (χ2n) is 5.75.